The van der Waals surface area contributed by atoms with Gasteiger partial charge in [-0.25, -0.2) is 4.79 Å². The molecule has 0 atom stereocenters. The minimum absolute atomic E-state index is 0.427. The minimum Gasteiger partial charge on any atom is -0.497 e. The fourth-order valence-electron chi connectivity index (χ4n) is 2.48. The van der Waals surface area contributed by atoms with Gasteiger partial charge in [-0.05, 0) is 54.6 Å². The Morgan fingerprint density at radius 1 is 0.786 bits per heavy atom. The number of nitrogens with one attached hydrogen (secondary N) is 2. The van der Waals surface area contributed by atoms with Gasteiger partial charge in [0.1, 0.15) is 17.2 Å². The van der Waals surface area contributed by atoms with E-state index < -0.39 is 6.03 Å². The first-order valence-electron chi connectivity index (χ1n) is 8.41. The van der Waals surface area contributed by atoms with Crippen molar-refractivity contribution in [1.82, 2.24) is 0 Å². The summed E-state index contributed by atoms with van der Waals surface area (Å²) in [6.07, 6.45) is 0. The molecule has 0 spiro atoms. The Bertz CT molecular complexity index is 961. The van der Waals surface area contributed by atoms with E-state index in [0.29, 0.717) is 33.6 Å². The van der Waals surface area contributed by atoms with Crippen molar-refractivity contribution in [3.8, 4) is 23.0 Å². The maximum Gasteiger partial charge on any atom is 0.323 e. The first-order valence-corrected chi connectivity index (χ1v) is 8.79. The van der Waals surface area contributed by atoms with E-state index >= 15 is 0 Å². The van der Waals surface area contributed by atoms with Gasteiger partial charge in [0.15, 0.2) is 5.75 Å². The maximum atomic E-state index is 12.5. The second-order valence-corrected chi connectivity index (χ2v) is 6.13. The topological polar surface area (TPSA) is 68.8 Å². The number of rotatable bonds is 6. The normalized spacial score (nSPS) is 10.1. The molecule has 0 fully saturated rings. The third kappa shape index (κ3) is 4.86. The smallest absolute Gasteiger partial charge is 0.323 e. The highest BCUT2D eigenvalue weighted by atomic mass is 35.5. The number of para-hydroxylation sites is 2. The molecule has 2 amide bonds. The molecule has 0 bridgehead atoms. The highest BCUT2D eigenvalue weighted by Crippen LogP contribution is 2.33. The van der Waals surface area contributed by atoms with Gasteiger partial charge in [0.25, 0.3) is 0 Å². The molecular weight excluding hydrogens is 380 g/mol. The van der Waals surface area contributed by atoms with Crippen molar-refractivity contribution in [2.75, 3.05) is 24.9 Å². The lowest BCUT2D eigenvalue weighted by molar-refractivity contribution is 0.262. The number of anilines is 2. The average molecular weight is 399 g/mol. The van der Waals surface area contributed by atoms with E-state index in [2.05, 4.69) is 10.6 Å². The molecule has 0 saturated carbocycles. The van der Waals surface area contributed by atoms with Crippen molar-refractivity contribution in [2.45, 2.75) is 0 Å². The van der Waals surface area contributed by atoms with Gasteiger partial charge in [0.2, 0.25) is 0 Å². The number of amides is 2. The van der Waals surface area contributed by atoms with Crippen LogP contribution in [0.3, 0.4) is 0 Å². The minimum atomic E-state index is -0.452. The Labute approximate surface area is 168 Å². The maximum absolute atomic E-state index is 12.5. The zero-order chi connectivity index (χ0) is 19.9. The van der Waals surface area contributed by atoms with Crippen molar-refractivity contribution >= 4 is 29.0 Å². The summed E-state index contributed by atoms with van der Waals surface area (Å²) in [7, 11) is 3.13. The van der Waals surface area contributed by atoms with Gasteiger partial charge < -0.3 is 24.8 Å². The van der Waals surface area contributed by atoms with Gasteiger partial charge in [-0.1, -0.05) is 23.7 Å². The Kier molecular flexibility index (Phi) is 6.24. The first-order chi connectivity index (χ1) is 13.6. The lowest BCUT2D eigenvalue weighted by Crippen LogP contribution is -2.20. The van der Waals surface area contributed by atoms with Crippen LogP contribution in [0.5, 0.6) is 23.0 Å². The summed E-state index contributed by atoms with van der Waals surface area (Å²) in [6, 6.07) is 18.8. The van der Waals surface area contributed by atoms with Gasteiger partial charge in [-0.3, -0.25) is 0 Å². The summed E-state index contributed by atoms with van der Waals surface area (Å²) in [5.41, 5.74) is 0.970. The van der Waals surface area contributed by atoms with Crippen LogP contribution < -0.4 is 24.8 Å². The van der Waals surface area contributed by atoms with Crippen LogP contribution in [0.15, 0.2) is 66.7 Å². The molecule has 3 aromatic carbocycles. The number of halogens is 1. The summed E-state index contributed by atoms with van der Waals surface area (Å²) < 4.78 is 16.3. The van der Waals surface area contributed by atoms with E-state index in [1.165, 1.54) is 7.11 Å². The molecule has 3 aromatic rings. The highest BCUT2D eigenvalue weighted by Gasteiger charge is 2.12. The molecule has 0 aliphatic rings. The molecule has 0 aromatic heterocycles. The quantitative estimate of drug-likeness (QED) is 0.551. The third-order valence-corrected chi connectivity index (χ3v) is 4.07. The van der Waals surface area contributed by atoms with E-state index in [9.17, 15) is 4.79 Å². The second-order valence-electron chi connectivity index (χ2n) is 5.70. The summed E-state index contributed by atoms with van der Waals surface area (Å²) in [4.78, 5) is 12.5. The summed E-state index contributed by atoms with van der Waals surface area (Å²) in [6.45, 7) is 0. The van der Waals surface area contributed by atoms with Gasteiger partial charge >= 0.3 is 6.03 Å². The van der Waals surface area contributed by atoms with Gasteiger partial charge in [0, 0.05) is 5.02 Å². The lowest BCUT2D eigenvalue weighted by atomic mass is 10.2. The second kappa shape index (κ2) is 9.01. The highest BCUT2D eigenvalue weighted by molar-refractivity contribution is 6.31. The number of hydrogen-bond acceptors (Lipinski definition) is 4. The number of carbonyl (C=O) groups excluding carboxylic acids is 1. The van der Waals surface area contributed by atoms with E-state index in [1.807, 2.05) is 6.07 Å². The Morgan fingerprint density at radius 3 is 2.18 bits per heavy atom. The monoisotopic (exact) mass is 398 g/mol. The molecule has 0 aliphatic carbocycles. The molecule has 0 heterocycles. The average Bonchev–Trinajstić information content (AvgIpc) is 2.71. The fourth-order valence-corrected chi connectivity index (χ4v) is 2.66. The third-order valence-electron chi connectivity index (χ3n) is 3.83. The predicted octanol–water partition coefficient (Wildman–Crippen LogP) is 5.79. The zero-order valence-electron chi connectivity index (χ0n) is 15.4. The van der Waals surface area contributed by atoms with E-state index in [0.717, 1.165) is 5.75 Å². The van der Waals surface area contributed by atoms with Crippen LogP contribution >= 0.6 is 11.6 Å². The molecule has 0 saturated heterocycles. The number of carbonyl (C=O) groups is 1. The van der Waals surface area contributed by atoms with Crippen LogP contribution in [0.2, 0.25) is 5.02 Å². The molecule has 144 valence electrons. The Morgan fingerprint density at radius 2 is 1.46 bits per heavy atom. The number of urea groups is 1. The summed E-state index contributed by atoms with van der Waals surface area (Å²) in [5, 5.41) is 5.97. The van der Waals surface area contributed by atoms with E-state index in [4.69, 9.17) is 25.8 Å². The largest absolute Gasteiger partial charge is 0.497 e. The van der Waals surface area contributed by atoms with Crippen molar-refractivity contribution < 1.29 is 19.0 Å². The molecular formula is C21H19ClN2O4. The van der Waals surface area contributed by atoms with Crippen molar-refractivity contribution in [3.63, 3.8) is 0 Å². The van der Waals surface area contributed by atoms with Crippen molar-refractivity contribution in [2.24, 2.45) is 0 Å². The van der Waals surface area contributed by atoms with Gasteiger partial charge in [-0.2, -0.15) is 0 Å². The van der Waals surface area contributed by atoms with Crippen LogP contribution in [-0.2, 0) is 0 Å². The van der Waals surface area contributed by atoms with Crippen LogP contribution in [-0.4, -0.2) is 20.3 Å². The number of benzene rings is 3. The number of hydrogen-bond donors (Lipinski definition) is 2. The predicted molar refractivity (Wildman–Crippen MR) is 110 cm³/mol. The molecule has 0 unspecified atom stereocenters. The molecule has 0 aliphatic heterocycles. The van der Waals surface area contributed by atoms with Gasteiger partial charge in [-0.15, -0.1) is 0 Å². The lowest BCUT2D eigenvalue weighted by Gasteiger charge is -2.14. The summed E-state index contributed by atoms with van der Waals surface area (Å²) >= 11 is 6.09. The summed E-state index contributed by atoms with van der Waals surface area (Å²) in [5.74, 6) is 2.32. The molecule has 6 nitrogen and oxygen atoms in total. The molecule has 3 rings (SSSR count). The molecule has 7 heteroatoms. The SMILES string of the molecule is COc1ccc(Oc2ccc(Cl)cc2NC(=O)Nc2ccccc2OC)cc1. The number of ether oxygens (including phenoxy) is 3. The van der Waals surface area contributed by atoms with Gasteiger partial charge in [0.05, 0.1) is 25.6 Å². The van der Waals surface area contributed by atoms with E-state index in [-0.39, 0.29) is 0 Å². The molecule has 0 radical (unpaired) electrons. The molecule has 2 N–H and O–H groups in total. The standard InChI is InChI=1S/C21H19ClN2O4/c1-26-15-8-10-16(11-9-15)28-20-12-7-14(22)13-18(20)24-21(25)23-17-5-3-4-6-19(17)27-2/h3-13H,1-2H3,(H2,23,24,25). The van der Waals surface area contributed by atoms with Crippen LogP contribution in [0.4, 0.5) is 16.2 Å². The van der Waals surface area contributed by atoms with Crippen LogP contribution in [0.25, 0.3) is 0 Å². The van der Waals surface area contributed by atoms with Crippen molar-refractivity contribution in [1.29, 1.82) is 0 Å². The first kappa shape index (κ1) is 19.4. The fraction of sp³-hybridized carbons (Fsp3) is 0.0952. The Hall–Kier alpha value is -3.38. The van der Waals surface area contributed by atoms with E-state index in [1.54, 1.807) is 67.8 Å². The molecule has 28 heavy (non-hydrogen) atoms. The van der Waals surface area contributed by atoms with Crippen LogP contribution in [0.1, 0.15) is 0 Å². The Balaban J connectivity index is 1.77. The zero-order valence-corrected chi connectivity index (χ0v) is 16.1. The van der Waals surface area contributed by atoms with Crippen LogP contribution in [0, 0.1) is 0 Å². The van der Waals surface area contributed by atoms with Crippen molar-refractivity contribution in [3.05, 3.63) is 71.8 Å². The number of methoxy groups -OCH3 is 2.